The van der Waals surface area contributed by atoms with Crippen LogP contribution in [-0.2, 0) is 6.54 Å². The zero-order valence-electron chi connectivity index (χ0n) is 13.9. The smallest absolute Gasteiger partial charge is 0.322 e. The summed E-state index contributed by atoms with van der Waals surface area (Å²) >= 11 is 0. The Kier molecular flexibility index (Phi) is 4.16. The largest absolute Gasteiger partial charge is 0.348 e. The number of nitrogens with one attached hydrogen (secondary N) is 1. The number of halogens is 2. The highest BCUT2D eigenvalue weighted by Gasteiger charge is 2.32. The normalized spacial score (nSPS) is 16.2. The minimum absolute atomic E-state index is 0.135. The molecule has 1 unspecified atom stereocenters. The van der Waals surface area contributed by atoms with Crippen LogP contribution in [0.25, 0.3) is 0 Å². The van der Waals surface area contributed by atoms with Crippen LogP contribution in [0.5, 0.6) is 0 Å². The third-order valence-electron chi connectivity index (χ3n) is 4.60. The lowest BCUT2D eigenvalue weighted by Crippen LogP contribution is -2.44. The lowest BCUT2D eigenvalue weighted by molar-refractivity contribution is 0.181. The summed E-state index contributed by atoms with van der Waals surface area (Å²) in [6, 6.07) is 15.3. The molecule has 4 rings (SSSR count). The van der Waals surface area contributed by atoms with Crippen molar-refractivity contribution in [2.75, 3.05) is 11.9 Å². The molecule has 0 saturated carbocycles. The molecule has 6 heteroatoms. The summed E-state index contributed by atoms with van der Waals surface area (Å²) in [5.74, 6) is -0.818. The second-order valence-corrected chi connectivity index (χ2v) is 6.18. The molecule has 1 aliphatic heterocycles. The van der Waals surface area contributed by atoms with Gasteiger partial charge in [0.1, 0.15) is 11.6 Å². The molecule has 4 nitrogen and oxygen atoms in total. The highest BCUT2D eigenvalue weighted by Crippen LogP contribution is 2.33. The van der Waals surface area contributed by atoms with Crippen molar-refractivity contribution in [3.8, 4) is 0 Å². The molecule has 2 aromatic carbocycles. The van der Waals surface area contributed by atoms with E-state index in [1.165, 1.54) is 24.3 Å². The van der Waals surface area contributed by atoms with Crippen LogP contribution in [0, 0.1) is 11.6 Å². The topological polar surface area (TPSA) is 37.3 Å². The maximum absolute atomic E-state index is 13.9. The van der Waals surface area contributed by atoms with Crippen molar-refractivity contribution in [3.05, 3.63) is 89.8 Å². The van der Waals surface area contributed by atoms with Gasteiger partial charge in [-0.15, -0.1) is 0 Å². The van der Waals surface area contributed by atoms with Crippen LogP contribution >= 0.6 is 0 Å². The fourth-order valence-electron chi connectivity index (χ4n) is 3.35. The minimum atomic E-state index is -0.487. The van der Waals surface area contributed by atoms with Crippen molar-refractivity contribution in [2.24, 2.45) is 0 Å². The van der Waals surface area contributed by atoms with E-state index in [-0.39, 0.29) is 17.5 Å². The van der Waals surface area contributed by atoms with E-state index in [0.29, 0.717) is 13.1 Å². The monoisotopic (exact) mass is 353 g/mol. The molecular formula is C20H17F2N3O. The van der Waals surface area contributed by atoms with Gasteiger partial charge in [0.25, 0.3) is 0 Å². The lowest BCUT2D eigenvalue weighted by atomic mass is 10.0. The SMILES string of the molecule is O=C(Nc1ccccc1F)N1CCn2cccc2C1c1ccc(F)cc1. The van der Waals surface area contributed by atoms with Gasteiger partial charge in [0.2, 0.25) is 0 Å². The van der Waals surface area contributed by atoms with E-state index in [0.717, 1.165) is 11.3 Å². The standard InChI is InChI=1S/C20H17F2N3O/c21-15-9-7-14(8-10-15)19-18-6-3-11-24(18)12-13-25(19)20(26)23-17-5-2-1-4-16(17)22/h1-11,19H,12-13H2,(H,23,26). The quantitative estimate of drug-likeness (QED) is 0.728. The first-order valence-corrected chi connectivity index (χ1v) is 8.36. The number of hydrogen-bond acceptors (Lipinski definition) is 1. The molecule has 0 fully saturated rings. The molecule has 1 aliphatic rings. The first-order chi connectivity index (χ1) is 12.6. The Morgan fingerprint density at radius 2 is 1.73 bits per heavy atom. The van der Waals surface area contributed by atoms with E-state index in [2.05, 4.69) is 9.88 Å². The zero-order chi connectivity index (χ0) is 18.1. The fourth-order valence-corrected chi connectivity index (χ4v) is 3.35. The molecule has 0 radical (unpaired) electrons. The maximum atomic E-state index is 13.9. The van der Waals surface area contributed by atoms with Crippen LogP contribution in [0.4, 0.5) is 19.3 Å². The van der Waals surface area contributed by atoms with Crippen LogP contribution < -0.4 is 5.32 Å². The Bertz CT molecular complexity index is 936. The number of hydrogen-bond donors (Lipinski definition) is 1. The number of anilines is 1. The third kappa shape index (κ3) is 2.94. The molecule has 2 amide bonds. The number of carbonyl (C=O) groups is 1. The molecule has 0 aliphatic carbocycles. The Balaban J connectivity index is 1.68. The third-order valence-corrected chi connectivity index (χ3v) is 4.60. The summed E-state index contributed by atoms with van der Waals surface area (Å²) in [6.07, 6.45) is 1.96. The van der Waals surface area contributed by atoms with Gasteiger partial charge in [-0.3, -0.25) is 0 Å². The molecule has 1 aromatic heterocycles. The molecular weight excluding hydrogens is 336 g/mol. The minimum Gasteiger partial charge on any atom is -0.348 e. The Hall–Kier alpha value is -3.15. The molecule has 2 heterocycles. The Labute approximate surface area is 149 Å². The molecule has 132 valence electrons. The van der Waals surface area contributed by atoms with E-state index in [1.54, 1.807) is 29.2 Å². The van der Waals surface area contributed by atoms with Crippen molar-refractivity contribution >= 4 is 11.7 Å². The molecule has 1 atom stereocenters. The van der Waals surface area contributed by atoms with Gasteiger partial charge in [-0.2, -0.15) is 0 Å². The molecule has 26 heavy (non-hydrogen) atoms. The van der Waals surface area contributed by atoms with E-state index < -0.39 is 11.8 Å². The molecule has 3 aromatic rings. The van der Waals surface area contributed by atoms with Gasteiger partial charge in [-0.05, 0) is 42.0 Å². The van der Waals surface area contributed by atoms with Gasteiger partial charge >= 0.3 is 6.03 Å². The number of rotatable bonds is 2. The van der Waals surface area contributed by atoms with Crippen LogP contribution in [0.1, 0.15) is 17.3 Å². The van der Waals surface area contributed by atoms with E-state index in [4.69, 9.17) is 0 Å². The maximum Gasteiger partial charge on any atom is 0.322 e. The number of para-hydroxylation sites is 1. The van der Waals surface area contributed by atoms with Crippen LogP contribution in [0.3, 0.4) is 0 Å². The number of urea groups is 1. The second-order valence-electron chi connectivity index (χ2n) is 6.18. The van der Waals surface area contributed by atoms with E-state index in [9.17, 15) is 13.6 Å². The molecule has 0 saturated heterocycles. The molecule has 0 spiro atoms. The average Bonchev–Trinajstić information content (AvgIpc) is 3.12. The lowest BCUT2D eigenvalue weighted by Gasteiger charge is -2.37. The van der Waals surface area contributed by atoms with Gasteiger partial charge in [-0.25, -0.2) is 13.6 Å². The summed E-state index contributed by atoms with van der Waals surface area (Å²) in [4.78, 5) is 14.5. The average molecular weight is 353 g/mol. The molecule has 1 N–H and O–H groups in total. The summed E-state index contributed by atoms with van der Waals surface area (Å²) in [6.45, 7) is 1.11. The summed E-state index contributed by atoms with van der Waals surface area (Å²) in [5, 5.41) is 2.64. The summed E-state index contributed by atoms with van der Waals surface area (Å²) < 4.78 is 29.3. The van der Waals surface area contributed by atoms with Crippen LogP contribution in [0.15, 0.2) is 66.9 Å². The predicted octanol–water partition coefficient (Wildman–Crippen LogP) is 4.40. The summed E-state index contributed by atoms with van der Waals surface area (Å²) in [7, 11) is 0. The highest BCUT2D eigenvalue weighted by molar-refractivity contribution is 5.90. The number of fused-ring (bicyclic) bond motifs is 1. The number of amides is 2. The number of nitrogens with zero attached hydrogens (tertiary/aromatic N) is 2. The van der Waals surface area contributed by atoms with E-state index >= 15 is 0 Å². The van der Waals surface area contributed by atoms with Gasteiger partial charge in [-0.1, -0.05) is 24.3 Å². The van der Waals surface area contributed by atoms with Crippen molar-refractivity contribution in [2.45, 2.75) is 12.6 Å². The van der Waals surface area contributed by atoms with Crippen LogP contribution in [0.2, 0.25) is 0 Å². The van der Waals surface area contributed by atoms with Gasteiger partial charge in [0.15, 0.2) is 0 Å². The predicted molar refractivity (Wildman–Crippen MR) is 94.8 cm³/mol. The van der Waals surface area contributed by atoms with Crippen molar-refractivity contribution in [1.29, 1.82) is 0 Å². The van der Waals surface area contributed by atoms with Crippen molar-refractivity contribution in [3.63, 3.8) is 0 Å². The zero-order valence-corrected chi connectivity index (χ0v) is 13.9. The fraction of sp³-hybridized carbons (Fsp3) is 0.150. The van der Waals surface area contributed by atoms with Gasteiger partial charge in [0, 0.05) is 25.0 Å². The van der Waals surface area contributed by atoms with Gasteiger partial charge < -0.3 is 14.8 Å². The second kappa shape index (κ2) is 6.63. The summed E-state index contributed by atoms with van der Waals surface area (Å²) in [5.41, 5.74) is 1.87. The number of benzene rings is 2. The number of aromatic nitrogens is 1. The Morgan fingerprint density at radius 3 is 2.50 bits per heavy atom. The first kappa shape index (κ1) is 16.3. The van der Waals surface area contributed by atoms with E-state index in [1.807, 2.05) is 18.3 Å². The van der Waals surface area contributed by atoms with Crippen molar-refractivity contribution < 1.29 is 13.6 Å². The number of carbonyl (C=O) groups excluding carboxylic acids is 1. The van der Waals surface area contributed by atoms with Crippen LogP contribution in [-0.4, -0.2) is 22.0 Å². The molecule has 0 bridgehead atoms. The Morgan fingerprint density at radius 1 is 0.962 bits per heavy atom. The van der Waals surface area contributed by atoms with Crippen molar-refractivity contribution in [1.82, 2.24) is 9.47 Å². The van der Waals surface area contributed by atoms with Gasteiger partial charge in [0.05, 0.1) is 11.7 Å². The highest BCUT2D eigenvalue weighted by atomic mass is 19.1. The first-order valence-electron chi connectivity index (χ1n) is 8.36.